The zero-order valence-corrected chi connectivity index (χ0v) is 16.1. The third-order valence-corrected chi connectivity index (χ3v) is 5.60. The zero-order valence-electron chi connectivity index (χ0n) is 16.1. The molecule has 6 nitrogen and oxygen atoms in total. The molecule has 1 aromatic carbocycles. The minimum Gasteiger partial charge on any atom is -0.371 e. The molecule has 2 N–H and O–H groups in total. The fraction of sp³-hybridized carbons (Fsp3) is 0.524. The highest BCUT2D eigenvalue weighted by Crippen LogP contribution is 2.23. The summed E-state index contributed by atoms with van der Waals surface area (Å²) in [6.07, 6.45) is 2.36. The molecule has 3 heterocycles. The van der Waals surface area contributed by atoms with Crippen LogP contribution in [0.3, 0.4) is 0 Å². The van der Waals surface area contributed by atoms with Crippen LogP contribution in [0.25, 0.3) is 0 Å². The number of aryl methyl sites for hydroxylation is 2. The number of fused-ring (bicyclic) bond motifs is 1. The van der Waals surface area contributed by atoms with Gasteiger partial charge < -0.3 is 15.5 Å². The van der Waals surface area contributed by atoms with Crippen LogP contribution < -0.4 is 15.5 Å². The number of hydrogen-bond acceptors (Lipinski definition) is 4. The summed E-state index contributed by atoms with van der Waals surface area (Å²) >= 11 is 0. The molecule has 0 aliphatic carbocycles. The van der Waals surface area contributed by atoms with Crippen molar-refractivity contribution in [3.63, 3.8) is 0 Å². The van der Waals surface area contributed by atoms with Crippen molar-refractivity contribution in [2.75, 3.05) is 31.1 Å². The van der Waals surface area contributed by atoms with Crippen molar-refractivity contribution >= 4 is 11.6 Å². The van der Waals surface area contributed by atoms with Crippen molar-refractivity contribution in [1.29, 1.82) is 0 Å². The van der Waals surface area contributed by atoms with Gasteiger partial charge in [-0.1, -0.05) is 17.7 Å². The smallest absolute Gasteiger partial charge is 0.220 e. The summed E-state index contributed by atoms with van der Waals surface area (Å²) < 4.78 is 2.06. The Kier molecular flexibility index (Phi) is 5.43. The van der Waals surface area contributed by atoms with Crippen LogP contribution >= 0.6 is 0 Å². The molecule has 2 aromatic rings. The summed E-state index contributed by atoms with van der Waals surface area (Å²) in [5, 5.41) is 11.1. The maximum Gasteiger partial charge on any atom is 0.220 e. The van der Waals surface area contributed by atoms with Gasteiger partial charge in [0.1, 0.15) is 0 Å². The summed E-state index contributed by atoms with van der Waals surface area (Å²) in [5.41, 5.74) is 4.82. The average Bonchev–Trinajstić information content (AvgIpc) is 3.32. The first-order valence-corrected chi connectivity index (χ1v) is 10.0. The first-order chi connectivity index (χ1) is 13.2. The molecule has 0 unspecified atom stereocenters. The quantitative estimate of drug-likeness (QED) is 0.818. The van der Waals surface area contributed by atoms with E-state index in [0.717, 1.165) is 51.4 Å². The highest BCUT2D eigenvalue weighted by molar-refractivity contribution is 5.76. The second-order valence-corrected chi connectivity index (χ2v) is 7.77. The Hall–Kier alpha value is -2.34. The zero-order chi connectivity index (χ0) is 18.6. The van der Waals surface area contributed by atoms with Gasteiger partial charge in [-0.2, -0.15) is 5.10 Å². The number of nitrogens with zero attached hydrogens (tertiary/aromatic N) is 3. The predicted molar refractivity (Wildman–Crippen MR) is 107 cm³/mol. The molecule has 0 spiro atoms. The van der Waals surface area contributed by atoms with Gasteiger partial charge in [0.25, 0.3) is 0 Å². The molecule has 0 saturated carbocycles. The van der Waals surface area contributed by atoms with Gasteiger partial charge in [0.15, 0.2) is 0 Å². The molecule has 1 saturated heterocycles. The van der Waals surface area contributed by atoms with Crippen LogP contribution in [0.4, 0.5) is 5.69 Å². The molecule has 144 valence electrons. The van der Waals surface area contributed by atoms with E-state index in [0.29, 0.717) is 18.8 Å². The Bertz CT molecular complexity index is 759. The topological polar surface area (TPSA) is 62.2 Å². The van der Waals surface area contributed by atoms with Gasteiger partial charge in [-0.05, 0) is 37.5 Å². The lowest BCUT2D eigenvalue weighted by Crippen LogP contribution is -2.31. The maximum absolute atomic E-state index is 12.2. The van der Waals surface area contributed by atoms with Gasteiger partial charge in [-0.15, -0.1) is 0 Å². The molecule has 1 fully saturated rings. The lowest BCUT2D eigenvalue weighted by Gasteiger charge is -2.19. The molecule has 1 atom stereocenters. The Balaban J connectivity index is 1.19. The molecule has 27 heavy (non-hydrogen) atoms. The number of anilines is 1. The van der Waals surface area contributed by atoms with Gasteiger partial charge in [0.05, 0.1) is 17.9 Å². The lowest BCUT2D eigenvalue weighted by atomic mass is 10.1. The predicted octanol–water partition coefficient (Wildman–Crippen LogP) is 1.87. The molecule has 4 rings (SSSR count). The first-order valence-electron chi connectivity index (χ1n) is 10.0. The van der Waals surface area contributed by atoms with Crippen molar-refractivity contribution in [3.8, 4) is 0 Å². The van der Waals surface area contributed by atoms with E-state index in [1.807, 2.05) is 0 Å². The first kappa shape index (κ1) is 18.0. The van der Waals surface area contributed by atoms with E-state index in [4.69, 9.17) is 0 Å². The van der Waals surface area contributed by atoms with Crippen molar-refractivity contribution in [3.05, 3.63) is 47.3 Å². The van der Waals surface area contributed by atoms with Gasteiger partial charge >= 0.3 is 0 Å². The van der Waals surface area contributed by atoms with E-state index in [-0.39, 0.29) is 5.91 Å². The Morgan fingerprint density at radius 1 is 1.30 bits per heavy atom. The largest absolute Gasteiger partial charge is 0.371 e. The fourth-order valence-corrected chi connectivity index (χ4v) is 3.95. The summed E-state index contributed by atoms with van der Waals surface area (Å²) in [5.74, 6) is 0.661. The van der Waals surface area contributed by atoms with Crippen LogP contribution in [-0.2, 0) is 24.3 Å². The standard InChI is InChI=1S/C21H29N5O/c1-16-2-5-19(6-3-16)25-10-8-17(15-25)13-23-21(27)7-4-18-12-20-14-22-9-11-26(20)24-18/h2-3,5-6,12,17,22H,4,7-11,13-15H2,1H3,(H,23,27)/t17-/m0/s1. The van der Waals surface area contributed by atoms with Crippen LogP contribution in [0.15, 0.2) is 30.3 Å². The van der Waals surface area contributed by atoms with Crippen molar-refractivity contribution in [1.82, 2.24) is 20.4 Å². The summed E-state index contributed by atoms with van der Waals surface area (Å²) in [6, 6.07) is 10.8. The van der Waals surface area contributed by atoms with Crippen molar-refractivity contribution in [2.24, 2.45) is 5.92 Å². The normalized spacial score (nSPS) is 19.1. The second kappa shape index (κ2) is 8.13. The summed E-state index contributed by atoms with van der Waals surface area (Å²) in [6.45, 7) is 7.73. The SMILES string of the molecule is Cc1ccc(N2CC[C@@H](CNC(=O)CCc3cc4n(n3)CCNC4)C2)cc1. The minimum absolute atomic E-state index is 0.132. The summed E-state index contributed by atoms with van der Waals surface area (Å²) in [7, 11) is 0. The van der Waals surface area contributed by atoms with Crippen LogP contribution in [0.1, 0.15) is 29.8 Å². The Morgan fingerprint density at radius 2 is 2.15 bits per heavy atom. The van der Waals surface area contributed by atoms with Gasteiger partial charge in [0.2, 0.25) is 5.91 Å². The minimum atomic E-state index is 0.132. The molecule has 1 amide bonds. The molecular formula is C21H29N5O. The third kappa shape index (κ3) is 4.50. The Labute approximate surface area is 160 Å². The number of rotatable bonds is 6. The number of benzene rings is 1. The van der Waals surface area contributed by atoms with Gasteiger partial charge in [0, 0.05) is 51.3 Å². The third-order valence-electron chi connectivity index (χ3n) is 5.60. The highest BCUT2D eigenvalue weighted by Gasteiger charge is 2.23. The van der Waals surface area contributed by atoms with E-state index in [1.165, 1.54) is 16.9 Å². The lowest BCUT2D eigenvalue weighted by molar-refractivity contribution is -0.121. The molecule has 2 aliphatic heterocycles. The number of amides is 1. The molecule has 0 radical (unpaired) electrons. The van der Waals surface area contributed by atoms with Crippen molar-refractivity contribution < 1.29 is 4.79 Å². The van der Waals surface area contributed by atoms with Crippen LogP contribution in [-0.4, -0.2) is 41.9 Å². The van der Waals surface area contributed by atoms with Crippen molar-refractivity contribution in [2.45, 2.75) is 39.3 Å². The maximum atomic E-state index is 12.2. The number of carbonyl (C=O) groups excluding carboxylic acids is 1. The Morgan fingerprint density at radius 3 is 2.96 bits per heavy atom. The number of carbonyl (C=O) groups is 1. The monoisotopic (exact) mass is 367 g/mol. The fourth-order valence-electron chi connectivity index (χ4n) is 3.95. The van der Waals surface area contributed by atoms with Crippen LogP contribution in [0, 0.1) is 12.8 Å². The number of aromatic nitrogens is 2. The number of nitrogens with one attached hydrogen (secondary N) is 2. The van der Waals surface area contributed by atoms with E-state index in [2.05, 4.69) is 62.6 Å². The second-order valence-electron chi connectivity index (χ2n) is 7.77. The van der Waals surface area contributed by atoms with E-state index in [9.17, 15) is 4.79 Å². The molecule has 2 aliphatic rings. The van der Waals surface area contributed by atoms with E-state index in [1.54, 1.807) is 0 Å². The molecule has 0 bridgehead atoms. The van der Waals surface area contributed by atoms with Crippen LogP contribution in [0.2, 0.25) is 0 Å². The summed E-state index contributed by atoms with van der Waals surface area (Å²) in [4.78, 5) is 14.7. The van der Waals surface area contributed by atoms with Gasteiger partial charge in [-0.3, -0.25) is 9.48 Å². The molecular weight excluding hydrogens is 338 g/mol. The highest BCUT2D eigenvalue weighted by atomic mass is 16.1. The van der Waals surface area contributed by atoms with Crippen LogP contribution in [0.5, 0.6) is 0 Å². The molecule has 6 heteroatoms. The van der Waals surface area contributed by atoms with E-state index >= 15 is 0 Å². The van der Waals surface area contributed by atoms with Gasteiger partial charge in [-0.25, -0.2) is 0 Å². The molecule has 1 aromatic heterocycles. The number of hydrogen-bond donors (Lipinski definition) is 2. The average molecular weight is 367 g/mol. The van der Waals surface area contributed by atoms with E-state index < -0.39 is 0 Å².